The van der Waals surface area contributed by atoms with Gasteiger partial charge in [0.15, 0.2) is 0 Å². The number of Topliss-reactive ketones (excluding diaryl/α,β-unsaturated/α-hetero) is 1. The number of hydrogen-bond acceptors (Lipinski definition) is 5. The summed E-state index contributed by atoms with van der Waals surface area (Å²) in [5.74, 6) is 1.75. The van der Waals surface area contributed by atoms with Crippen molar-refractivity contribution in [2.24, 2.45) is 16.4 Å². The van der Waals surface area contributed by atoms with Gasteiger partial charge in [-0.2, -0.15) is 5.10 Å². The molecular formula is C18H24N2O3. The number of methoxy groups -OCH3 is 2. The van der Waals surface area contributed by atoms with Gasteiger partial charge in [0, 0.05) is 18.4 Å². The van der Waals surface area contributed by atoms with Crippen LogP contribution in [0, 0.1) is 11.3 Å². The van der Waals surface area contributed by atoms with Gasteiger partial charge in [0.25, 0.3) is 0 Å². The van der Waals surface area contributed by atoms with Crippen molar-refractivity contribution < 1.29 is 14.3 Å². The lowest BCUT2D eigenvalue weighted by Gasteiger charge is -2.36. The lowest BCUT2D eigenvalue weighted by Crippen LogP contribution is -2.45. The van der Waals surface area contributed by atoms with E-state index in [0.29, 0.717) is 12.8 Å². The zero-order chi connectivity index (χ0) is 16.6. The number of ketones is 1. The average Bonchev–Trinajstić information content (AvgIpc) is 2.88. The van der Waals surface area contributed by atoms with Gasteiger partial charge >= 0.3 is 0 Å². The molecule has 1 aromatic rings. The van der Waals surface area contributed by atoms with Gasteiger partial charge in [-0.25, -0.2) is 0 Å². The maximum Gasteiger partial charge on any atom is 0.144 e. The summed E-state index contributed by atoms with van der Waals surface area (Å²) in [6.45, 7) is 4.29. The Morgan fingerprint density at radius 1 is 1.30 bits per heavy atom. The van der Waals surface area contributed by atoms with Crippen molar-refractivity contribution in [3.05, 3.63) is 23.8 Å². The van der Waals surface area contributed by atoms with E-state index >= 15 is 0 Å². The number of benzene rings is 1. The van der Waals surface area contributed by atoms with Gasteiger partial charge in [0.2, 0.25) is 0 Å². The Morgan fingerprint density at radius 2 is 2.09 bits per heavy atom. The fourth-order valence-electron chi connectivity index (χ4n) is 3.73. The SMILES string of the molecule is COc1ccc(OC)c(CC2=NN[C@@H]3CC(C)(C)CC(=O)[C@@H]23)c1. The van der Waals surface area contributed by atoms with Crippen molar-refractivity contribution in [2.75, 3.05) is 14.2 Å². The predicted molar refractivity (Wildman–Crippen MR) is 89.1 cm³/mol. The first-order valence-corrected chi connectivity index (χ1v) is 7.99. The van der Waals surface area contributed by atoms with Crippen LogP contribution < -0.4 is 14.9 Å². The van der Waals surface area contributed by atoms with E-state index in [2.05, 4.69) is 24.4 Å². The number of hydrazone groups is 1. The van der Waals surface area contributed by atoms with Crippen molar-refractivity contribution in [3.8, 4) is 11.5 Å². The minimum absolute atomic E-state index is 0.0455. The molecule has 1 aliphatic heterocycles. The third-order valence-corrected chi connectivity index (χ3v) is 4.77. The molecule has 5 nitrogen and oxygen atoms in total. The van der Waals surface area contributed by atoms with Crippen LogP contribution in [0.15, 0.2) is 23.3 Å². The largest absolute Gasteiger partial charge is 0.497 e. The molecule has 1 aromatic carbocycles. The Kier molecular flexibility index (Phi) is 4.04. The fourth-order valence-corrected chi connectivity index (χ4v) is 3.73. The molecule has 1 aliphatic carbocycles. The molecule has 1 heterocycles. The lowest BCUT2D eigenvalue weighted by atomic mass is 9.68. The molecule has 23 heavy (non-hydrogen) atoms. The number of rotatable bonds is 4. The van der Waals surface area contributed by atoms with E-state index in [1.807, 2.05) is 18.2 Å². The molecule has 0 amide bonds. The first kappa shape index (κ1) is 15.8. The first-order valence-electron chi connectivity index (χ1n) is 7.99. The monoisotopic (exact) mass is 316 g/mol. The van der Waals surface area contributed by atoms with Crippen LogP contribution in [0.2, 0.25) is 0 Å². The quantitative estimate of drug-likeness (QED) is 0.927. The maximum absolute atomic E-state index is 12.6. The van der Waals surface area contributed by atoms with Gasteiger partial charge in [-0.05, 0) is 30.0 Å². The molecule has 1 fully saturated rings. The van der Waals surface area contributed by atoms with Crippen LogP contribution in [-0.4, -0.2) is 31.8 Å². The predicted octanol–water partition coefficient (Wildman–Crippen LogP) is 2.58. The molecular weight excluding hydrogens is 292 g/mol. The summed E-state index contributed by atoms with van der Waals surface area (Å²) in [7, 11) is 3.29. The smallest absolute Gasteiger partial charge is 0.144 e. The summed E-state index contributed by atoms with van der Waals surface area (Å²) in [4.78, 5) is 12.6. The molecule has 2 aliphatic rings. The minimum Gasteiger partial charge on any atom is -0.497 e. The van der Waals surface area contributed by atoms with Gasteiger partial charge in [0.1, 0.15) is 17.3 Å². The minimum atomic E-state index is -0.112. The summed E-state index contributed by atoms with van der Waals surface area (Å²) in [6, 6.07) is 5.83. The Balaban J connectivity index is 1.83. The topological polar surface area (TPSA) is 59.9 Å². The molecule has 2 atom stereocenters. The van der Waals surface area contributed by atoms with E-state index in [-0.39, 0.29) is 23.2 Å². The molecule has 1 N–H and O–H groups in total. The normalized spacial score (nSPS) is 25.4. The Bertz CT molecular complexity index is 652. The van der Waals surface area contributed by atoms with Crippen molar-refractivity contribution >= 4 is 11.5 Å². The summed E-state index contributed by atoms with van der Waals surface area (Å²) in [6.07, 6.45) is 2.18. The van der Waals surface area contributed by atoms with Gasteiger partial charge < -0.3 is 14.9 Å². The van der Waals surface area contributed by atoms with Gasteiger partial charge in [-0.1, -0.05) is 13.8 Å². The van der Waals surface area contributed by atoms with Crippen molar-refractivity contribution in [2.45, 2.75) is 39.2 Å². The first-order chi connectivity index (χ1) is 10.9. The van der Waals surface area contributed by atoms with E-state index in [9.17, 15) is 4.79 Å². The molecule has 0 spiro atoms. The number of nitrogens with one attached hydrogen (secondary N) is 1. The molecule has 5 heteroatoms. The van der Waals surface area contributed by atoms with Crippen LogP contribution in [-0.2, 0) is 11.2 Å². The van der Waals surface area contributed by atoms with Crippen LogP contribution in [0.5, 0.6) is 11.5 Å². The van der Waals surface area contributed by atoms with Gasteiger partial charge in [-0.15, -0.1) is 0 Å². The van der Waals surface area contributed by atoms with Gasteiger partial charge in [-0.3, -0.25) is 4.79 Å². The summed E-state index contributed by atoms with van der Waals surface area (Å²) in [5, 5.41) is 4.47. The second-order valence-electron chi connectivity index (χ2n) is 7.18. The number of fused-ring (bicyclic) bond motifs is 1. The third kappa shape index (κ3) is 3.05. The summed E-state index contributed by atoms with van der Waals surface area (Å²) < 4.78 is 10.7. The lowest BCUT2D eigenvalue weighted by molar-refractivity contribution is -0.126. The highest BCUT2D eigenvalue weighted by Crippen LogP contribution is 2.39. The highest BCUT2D eigenvalue weighted by molar-refractivity contribution is 6.08. The maximum atomic E-state index is 12.6. The van der Waals surface area contributed by atoms with Crippen LogP contribution >= 0.6 is 0 Å². The Morgan fingerprint density at radius 3 is 2.78 bits per heavy atom. The number of carbonyl (C=O) groups is 1. The molecule has 0 aromatic heterocycles. The number of nitrogens with zero attached hydrogens (tertiary/aromatic N) is 1. The zero-order valence-electron chi connectivity index (χ0n) is 14.2. The second-order valence-corrected chi connectivity index (χ2v) is 7.18. The van der Waals surface area contributed by atoms with Crippen molar-refractivity contribution in [1.82, 2.24) is 5.43 Å². The van der Waals surface area contributed by atoms with Crippen molar-refractivity contribution in [1.29, 1.82) is 0 Å². The second kappa shape index (κ2) is 5.87. The number of carbonyl (C=O) groups excluding carboxylic acids is 1. The zero-order valence-corrected chi connectivity index (χ0v) is 14.2. The number of ether oxygens (including phenoxy) is 2. The van der Waals surface area contributed by atoms with E-state index in [1.54, 1.807) is 14.2 Å². The molecule has 0 unspecified atom stereocenters. The van der Waals surface area contributed by atoms with Crippen molar-refractivity contribution in [3.63, 3.8) is 0 Å². The molecule has 0 bridgehead atoms. The van der Waals surface area contributed by atoms with E-state index in [0.717, 1.165) is 29.2 Å². The molecule has 3 rings (SSSR count). The van der Waals surface area contributed by atoms with E-state index in [1.165, 1.54) is 0 Å². The van der Waals surface area contributed by atoms with Crippen LogP contribution in [0.1, 0.15) is 32.3 Å². The highest BCUT2D eigenvalue weighted by Gasteiger charge is 2.45. The average molecular weight is 316 g/mol. The summed E-state index contributed by atoms with van der Waals surface area (Å²) >= 11 is 0. The van der Waals surface area contributed by atoms with Crippen LogP contribution in [0.25, 0.3) is 0 Å². The third-order valence-electron chi connectivity index (χ3n) is 4.77. The van der Waals surface area contributed by atoms with E-state index < -0.39 is 0 Å². The molecule has 0 saturated heterocycles. The van der Waals surface area contributed by atoms with Crippen LogP contribution in [0.4, 0.5) is 0 Å². The van der Waals surface area contributed by atoms with Crippen LogP contribution in [0.3, 0.4) is 0 Å². The summed E-state index contributed by atoms with van der Waals surface area (Å²) in [5.41, 5.74) is 5.12. The Labute approximate surface area is 137 Å². The standard InChI is InChI=1S/C18H24N2O3/c1-18(2)9-14-17(15(21)10-18)13(19-20-14)8-11-7-12(22-3)5-6-16(11)23-4/h5-7,14,17,20H,8-10H2,1-4H3/t14-,17+/m1/s1. The molecule has 124 valence electrons. The Hall–Kier alpha value is -2.04. The molecule has 0 radical (unpaired) electrons. The number of hydrogen-bond donors (Lipinski definition) is 1. The highest BCUT2D eigenvalue weighted by atomic mass is 16.5. The fraction of sp³-hybridized carbons (Fsp3) is 0.556. The van der Waals surface area contributed by atoms with E-state index in [4.69, 9.17) is 9.47 Å². The molecule has 1 saturated carbocycles. The van der Waals surface area contributed by atoms with Gasteiger partial charge in [0.05, 0.1) is 31.9 Å².